The van der Waals surface area contributed by atoms with Crippen molar-refractivity contribution in [3.63, 3.8) is 0 Å². The topological polar surface area (TPSA) is 3.24 Å². The maximum atomic E-state index is 2.34. The monoisotopic (exact) mass is 271 g/mol. The lowest BCUT2D eigenvalue weighted by Gasteiger charge is -2.17. The molecule has 0 spiro atoms. The summed E-state index contributed by atoms with van der Waals surface area (Å²) in [5.41, 5.74) is 1.32. The van der Waals surface area contributed by atoms with Crippen LogP contribution in [-0.4, -0.2) is 13.1 Å². The van der Waals surface area contributed by atoms with Crippen LogP contribution in [0.1, 0.15) is 0 Å². The van der Waals surface area contributed by atoms with Gasteiger partial charge < -0.3 is 4.90 Å². The van der Waals surface area contributed by atoms with E-state index in [0.29, 0.717) is 0 Å². The van der Waals surface area contributed by atoms with Crippen LogP contribution < -0.4 is 4.90 Å². The van der Waals surface area contributed by atoms with Crippen LogP contribution in [-0.2, 0) is 0 Å². The Bertz CT molecular complexity index is 281. The van der Waals surface area contributed by atoms with E-state index in [1.54, 1.807) is 0 Å². The van der Waals surface area contributed by atoms with Gasteiger partial charge in [-0.25, -0.2) is 0 Å². The van der Waals surface area contributed by atoms with Crippen molar-refractivity contribution in [1.82, 2.24) is 0 Å². The van der Waals surface area contributed by atoms with Gasteiger partial charge in [-0.1, -0.05) is 12.2 Å². The second-order valence-corrected chi connectivity index (χ2v) is 4.10. The first kappa shape index (κ1) is 8.10. The molecule has 0 bridgehead atoms. The number of nitrogens with zero attached hydrogens (tertiary/aromatic N) is 1. The number of rotatable bonds is 1. The normalized spacial score (nSPS) is 15.6. The number of anilines is 1. The lowest BCUT2D eigenvalue weighted by atomic mass is 10.3. The van der Waals surface area contributed by atoms with E-state index in [9.17, 15) is 0 Å². The molecule has 1 aromatic carbocycles. The van der Waals surface area contributed by atoms with Gasteiger partial charge in [0.05, 0.1) is 0 Å². The molecule has 0 atom stereocenters. The van der Waals surface area contributed by atoms with Gasteiger partial charge in [0.25, 0.3) is 0 Å². The highest BCUT2D eigenvalue weighted by Crippen LogP contribution is 2.17. The van der Waals surface area contributed by atoms with Crippen molar-refractivity contribution in [2.24, 2.45) is 0 Å². The molecule has 0 aliphatic carbocycles. The van der Waals surface area contributed by atoms with Gasteiger partial charge in [-0.2, -0.15) is 0 Å². The summed E-state index contributed by atoms with van der Waals surface area (Å²) in [7, 11) is 0. The molecule has 62 valence electrons. The number of hydrogen-bond donors (Lipinski definition) is 0. The zero-order valence-electron chi connectivity index (χ0n) is 6.70. The van der Waals surface area contributed by atoms with Crippen LogP contribution in [0.15, 0.2) is 36.4 Å². The molecule has 0 saturated carbocycles. The Morgan fingerprint density at radius 3 is 2.17 bits per heavy atom. The highest BCUT2D eigenvalue weighted by molar-refractivity contribution is 14.1. The van der Waals surface area contributed by atoms with E-state index in [1.165, 1.54) is 9.26 Å². The number of hydrogen-bond acceptors (Lipinski definition) is 1. The van der Waals surface area contributed by atoms with Crippen molar-refractivity contribution < 1.29 is 0 Å². The SMILES string of the molecule is Ic1ccc(N2CC=CC2)cc1. The summed E-state index contributed by atoms with van der Waals surface area (Å²) in [5.74, 6) is 0. The first-order chi connectivity index (χ1) is 5.86. The minimum atomic E-state index is 1.06. The zero-order chi connectivity index (χ0) is 8.39. The number of halogens is 1. The van der Waals surface area contributed by atoms with Gasteiger partial charge in [0, 0.05) is 22.3 Å². The lowest BCUT2D eigenvalue weighted by molar-refractivity contribution is 1.01. The van der Waals surface area contributed by atoms with Gasteiger partial charge in [-0.05, 0) is 46.9 Å². The average Bonchev–Trinajstić information content (AvgIpc) is 2.58. The summed E-state index contributed by atoms with van der Waals surface area (Å²) < 4.78 is 1.29. The van der Waals surface area contributed by atoms with E-state index in [0.717, 1.165) is 13.1 Å². The molecule has 0 saturated heterocycles. The molecular weight excluding hydrogens is 261 g/mol. The minimum absolute atomic E-state index is 1.06. The third-order valence-electron chi connectivity index (χ3n) is 2.01. The molecule has 1 aromatic rings. The van der Waals surface area contributed by atoms with Crippen LogP contribution in [0.3, 0.4) is 0 Å². The largest absolute Gasteiger partial charge is 0.364 e. The van der Waals surface area contributed by atoms with E-state index >= 15 is 0 Å². The molecule has 0 unspecified atom stereocenters. The number of benzene rings is 1. The molecule has 2 rings (SSSR count). The maximum absolute atomic E-state index is 2.34. The summed E-state index contributed by atoms with van der Waals surface area (Å²) in [6, 6.07) is 8.64. The second-order valence-electron chi connectivity index (χ2n) is 2.85. The van der Waals surface area contributed by atoms with Crippen molar-refractivity contribution in [2.45, 2.75) is 0 Å². The summed E-state index contributed by atoms with van der Waals surface area (Å²) in [5, 5.41) is 0. The summed E-state index contributed by atoms with van der Waals surface area (Å²) in [6.45, 7) is 2.11. The molecule has 0 N–H and O–H groups in total. The Morgan fingerprint density at radius 2 is 1.58 bits per heavy atom. The van der Waals surface area contributed by atoms with Gasteiger partial charge in [-0.15, -0.1) is 0 Å². The van der Waals surface area contributed by atoms with Crippen LogP contribution in [0.4, 0.5) is 5.69 Å². The van der Waals surface area contributed by atoms with E-state index in [2.05, 4.69) is 63.9 Å². The Labute approximate surface area is 86.2 Å². The van der Waals surface area contributed by atoms with Crippen LogP contribution in [0, 0.1) is 3.57 Å². The van der Waals surface area contributed by atoms with Gasteiger partial charge in [-0.3, -0.25) is 0 Å². The molecule has 2 heteroatoms. The van der Waals surface area contributed by atoms with Crippen molar-refractivity contribution in [2.75, 3.05) is 18.0 Å². The molecule has 1 aliphatic heterocycles. The fourth-order valence-electron chi connectivity index (χ4n) is 1.34. The molecule has 0 fully saturated rings. The molecule has 0 radical (unpaired) electrons. The first-order valence-corrected chi connectivity index (χ1v) is 5.09. The Kier molecular flexibility index (Phi) is 2.35. The summed E-state index contributed by atoms with van der Waals surface area (Å²) in [4.78, 5) is 2.34. The Hall–Kier alpha value is -0.510. The predicted molar refractivity (Wildman–Crippen MR) is 60.5 cm³/mol. The fraction of sp³-hybridized carbons (Fsp3) is 0.200. The maximum Gasteiger partial charge on any atom is 0.0372 e. The third-order valence-corrected chi connectivity index (χ3v) is 2.73. The van der Waals surface area contributed by atoms with Crippen molar-refractivity contribution in [1.29, 1.82) is 0 Å². The van der Waals surface area contributed by atoms with Gasteiger partial charge in [0.1, 0.15) is 0 Å². The smallest absolute Gasteiger partial charge is 0.0372 e. The second kappa shape index (κ2) is 3.47. The molecule has 1 aliphatic rings. The van der Waals surface area contributed by atoms with E-state index in [1.807, 2.05) is 0 Å². The Balaban J connectivity index is 2.18. The zero-order valence-corrected chi connectivity index (χ0v) is 8.86. The van der Waals surface area contributed by atoms with Gasteiger partial charge >= 0.3 is 0 Å². The van der Waals surface area contributed by atoms with Crippen molar-refractivity contribution in [3.8, 4) is 0 Å². The van der Waals surface area contributed by atoms with Crippen molar-refractivity contribution >= 4 is 28.3 Å². The molecule has 1 nitrogen and oxygen atoms in total. The Morgan fingerprint density at radius 1 is 1.00 bits per heavy atom. The molecule has 1 heterocycles. The van der Waals surface area contributed by atoms with Crippen LogP contribution >= 0.6 is 22.6 Å². The van der Waals surface area contributed by atoms with E-state index in [-0.39, 0.29) is 0 Å². The fourth-order valence-corrected chi connectivity index (χ4v) is 1.70. The first-order valence-electron chi connectivity index (χ1n) is 4.02. The molecule has 12 heavy (non-hydrogen) atoms. The summed E-state index contributed by atoms with van der Waals surface area (Å²) >= 11 is 2.33. The molecule has 0 aromatic heterocycles. The van der Waals surface area contributed by atoms with Crippen LogP contribution in [0.5, 0.6) is 0 Å². The molecule has 0 amide bonds. The highest BCUT2D eigenvalue weighted by Gasteiger charge is 2.05. The average molecular weight is 271 g/mol. The molecular formula is C10H10IN. The third kappa shape index (κ3) is 1.63. The van der Waals surface area contributed by atoms with Gasteiger partial charge in [0.15, 0.2) is 0 Å². The quantitative estimate of drug-likeness (QED) is 0.560. The van der Waals surface area contributed by atoms with E-state index in [4.69, 9.17) is 0 Å². The lowest BCUT2D eigenvalue weighted by Crippen LogP contribution is -2.18. The van der Waals surface area contributed by atoms with Gasteiger partial charge in [0.2, 0.25) is 0 Å². The predicted octanol–water partition coefficient (Wildman–Crippen LogP) is 2.67. The van der Waals surface area contributed by atoms with Crippen molar-refractivity contribution in [3.05, 3.63) is 40.0 Å². The highest BCUT2D eigenvalue weighted by atomic mass is 127. The van der Waals surface area contributed by atoms with Crippen LogP contribution in [0.2, 0.25) is 0 Å². The summed E-state index contributed by atoms with van der Waals surface area (Å²) in [6.07, 6.45) is 4.41. The minimum Gasteiger partial charge on any atom is -0.364 e. The van der Waals surface area contributed by atoms with E-state index < -0.39 is 0 Å². The standard InChI is InChI=1S/C10H10IN/c11-9-3-5-10(6-4-9)12-7-1-2-8-12/h1-6H,7-8H2. The van der Waals surface area contributed by atoms with Crippen LogP contribution in [0.25, 0.3) is 0 Å².